The minimum absolute atomic E-state index is 0. The molecule has 0 spiro atoms. The van der Waals surface area contributed by atoms with Gasteiger partial charge in [0.05, 0.1) is 0 Å². The predicted molar refractivity (Wildman–Crippen MR) is 98.1 cm³/mol. The summed E-state index contributed by atoms with van der Waals surface area (Å²) in [6, 6.07) is 22.0. The van der Waals surface area contributed by atoms with E-state index in [9.17, 15) is 0 Å². The van der Waals surface area contributed by atoms with E-state index in [0.29, 0.717) is 0 Å². The molecule has 0 fully saturated rings. The molecule has 0 bridgehead atoms. The molecule has 8 nitrogen and oxygen atoms in total. The number of hydrogen-bond donors (Lipinski definition) is 2. The Morgan fingerprint density at radius 1 is 0.500 bits per heavy atom. The molecule has 30 heavy (non-hydrogen) atoms. The van der Waals surface area contributed by atoms with E-state index in [2.05, 4.69) is 44.7 Å². The van der Waals surface area contributed by atoms with E-state index >= 15 is 0 Å². The van der Waals surface area contributed by atoms with Gasteiger partial charge < -0.3 is 19.9 Å². The number of nitrogens with zero attached hydrogens (tertiary/aromatic N) is 4. The van der Waals surface area contributed by atoms with Crippen LogP contribution in [0.3, 0.4) is 0 Å². The zero-order chi connectivity index (χ0) is 21.5. The van der Waals surface area contributed by atoms with E-state index < -0.39 is 13.6 Å². The van der Waals surface area contributed by atoms with E-state index in [1.807, 2.05) is 48.5 Å². The van der Waals surface area contributed by atoms with Gasteiger partial charge in [-0.3, -0.25) is 0 Å². The summed E-state index contributed by atoms with van der Waals surface area (Å²) in [5, 5.41) is 0. The van der Waals surface area contributed by atoms with Crippen molar-refractivity contribution >= 4 is 0 Å². The molecule has 4 rings (SSSR count). The first-order valence-electron chi connectivity index (χ1n) is 7.78. The summed E-state index contributed by atoms with van der Waals surface area (Å²) in [5.74, 6) is 0. The fraction of sp³-hybridized carbons (Fsp3) is 0. The first-order chi connectivity index (χ1) is 14.0. The van der Waals surface area contributed by atoms with E-state index in [-0.39, 0.29) is 16.8 Å². The second kappa shape index (κ2) is 22.4. The maximum absolute atomic E-state index is 8.82. The third kappa shape index (κ3) is 32.8. The van der Waals surface area contributed by atoms with Crippen molar-refractivity contribution in [1.82, 2.24) is 19.9 Å². The van der Waals surface area contributed by atoms with Crippen LogP contribution in [0.5, 0.6) is 0 Å². The Bertz CT molecular complexity index is 652. The smallest absolute Gasteiger partial charge is 0.0813 e. The molecule has 0 aliphatic rings. The molecule has 161 valence electrons. The summed E-state index contributed by atoms with van der Waals surface area (Å²) in [4.78, 5) is 14.6. The molecule has 0 amide bonds. The summed E-state index contributed by atoms with van der Waals surface area (Å²) in [6.45, 7) is 0. The van der Waals surface area contributed by atoms with Crippen molar-refractivity contribution in [2.45, 2.75) is 0 Å². The summed E-state index contributed by atoms with van der Waals surface area (Å²) < 4.78 is 31.9. The first-order valence-corrected chi connectivity index (χ1v) is 9.96. The van der Waals surface area contributed by atoms with E-state index in [0.717, 1.165) is 0 Å². The Morgan fingerprint density at radius 3 is 0.733 bits per heavy atom. The molecule has 4 heterocycles. The molecule has 1 radical (unpaired) electrons. The van der Waals surface area contributed by atoms with Gasteiger partial charge >= 0.3 is 29.5 Å². The number of aromatic nitrogens is 4. The third-order valence-corrected chi connectivity index (χ3v) is 2.07. The standard InChI is InChI=1S/4C5H4N.Co.Cr.2H2O.2O/c4*1-2-4-6-5-3-1;;;;;;/h4*1-4H;;;2*1H2;;/q4*-1;;+2;;;;/p-2. The van der Waals surface area contributed by atoms with Crippen LogP contribution in [0.25, 0.3) is 0 Å². The van der Waals surface area contributed by atoms with Gasteiger partial charge in [0.1, 0.15) is 0 Å². The van der Waals surface area contributed by atoms with Gasteiger partial charge in [-0.05, 0) is 0 Å². The normalized spacial score (nSPS) is 8.33. The van der Waals surface area contributed by atoms with Gasteiger partial charge in [-0.1, -0.05) is 49.6 Å². The fourth-order valence-corrected chi connectivity index (χ4v) is 1.11. The maximum atomic E-state index is 8.82. The van der Waals surface area contributed by atoms with Crippen molar-refractivity contribution in [3.63, 3.8) is 0 Å². The van der Waals surface area contributed by atoms with Crippen molar-refractivity contribution in [1.29, 1.82) is 0 Å². The molecule has 4 aromatic heterocycles. The SMILES string of the molecule is [Co].[O]=[Cr](=[O])([OH])[OH].[c-]1ccccn1.[c-]1ccccn1.[c-]1ccccn1.[c-]1ccccn1. The summed E-state index contributed by atoms with van der Waals surface area (Å²) in [7, 11) is 0. The zero-order valence-corrected chi connectivity index (χ0v) is 17.8. The first kappa shape index (κ1) is 29.4. The van der Waals surface area contributed by atoms with Crippen molar-refractivity contribution in [2.75, 3.05) is 0 Å². The molecule has 0 aliphatic heterocycles. The number of rotatable bonds is 0. The van der Waals surface area contributed by atoms with Crippen molar-refractivity contribution in [3.05, 3.63) is 122 Å². The van der Waals surface area contributed by atoms with Gasteiger partial charge in [0.2, 0.25) is 0 Å². The Balaban J connectivity index is 0. The van der Waals surface area contributed by atoms with Gasteiger partial charge in [0.25, 0.3) is 0 Å². The van der Waals surface area contributed by atoms with Crippen LogP contribution >= 0.6 is 0 Å². The van der Waals surface area contributed by atoms with Crippen LogP contribution in [-0.2, 0) is 38.0 Å². The molecule has 0 unspecified atom stereocenters. The number of pyridine rings is 4. The van der Waals surface area contributed by atoms with Gasteiger partial charge in [-0.15, -0.1) is 0 Å². The molecule has 0 atom stereocenters. The molecular formula is C20H18CoCrN4O4-4. The van der Waals surface area contributed by atoms with Crippen LogP contribution in [0.15, 0.2) is 97.6 Å². The van der Waals surface area contributed by atoms with Crippen LogP contribution in [0, 0.1) is 24.8 Å². The second-order valence-corrected chi connectivity index (χ2v) is 5.68. The molecule has 0 saturated carbocycles. The Kier molecular flexibility index (Phi) is 22.0. The summed E-state index contributed by atoms with van der Waals surface area (Å²) in [6.07, 6.45) is 17.3. The van der Waals surface area contributed by atoms with Gasteiger partial charge in [-0.2, -0.15) is 72.8 Å². The zero-order valence-electron chi connectivity index (χ0n) is 15.5. The summed E-state index contributed by atoms with van der Waals surface area (Å²) >= 11 is -5.25. The molecular weight excluding hydrogens is 471 g/mol. The van der Waals surface area contributed by atoms with Crippen LogP contribution < -0.4 is 0 Å². The van der Waals surface area contributed by atoms with Crippen LogP contribution in [-0.4, -0.2) is 28.3 Å². The minimum atomic E-state index is -5.25. The van der Waals surface area contributed by atoms with Crippen LogP contribution in [0.1, 0.15) is 0 Å². The van der Waals surface area contributed by atoms with Gasteiger partial charge in [-0.25, -0.2) is 0 Å². The molecule has 4 aromatic rings. The van der Waals surface area contributed by atoms with Gasteiger partial charge in [0, 0.05) is 16.8 Å². The Hall–Kier alpha value is -2.84. The van der Waals surface area contributed by atoms with E-state index in [1.165, 1.54) is 0 Å². The molecule has 2 N–H and O–H groups in total. The molecule has 0 aromatic carbocycles. The van der Waals surface area contributed by atoms with E-state index in [1.54, 1.807) is 49.1 Å². The molecule has 0 saturated heterocycles. The predicted octanol–water partition coefficient (Wildman–Crippen LogP) is 2.17. The molecule has 0 aliphatic carbocycles. The largest absolute Gasteiger partial charge is 0.394 e. The van der Waals surface area contributed by atoms with Crippen LogP contribution in [0.4, 0.5) is 0 Å². The average molecular weight is 489 g/mol. The fourth-order valence-electron chi connectivity index (χ4n) is 1.11. The maximum Gasteiger partial charge on any atom is -0.0813 e. The van der Waals surface area contributed by atoms with Gasteiger partial charge in [0.15, 0.2) is 0 Å². The Morgan fingerprint density at radius 2 is 0.700 bits per heavy atom. The van der Waals surface area contributed by atoms with Crippen molar-refractivity contribution < 1.29 is 46.3 Å². The number of hydrogen-bond acceptors (Lipinski definition) is 6. The van der Waals surface area contributed by atoms with E-state index in [4.69, 9.17) is 15.9 Å². The van der Waals surface area contributed by atoms with Crippen molar-refractivity contribution in [3.8, 4) is 0 Å². The Labute approximate surface area is 188 Å². The quantitative estimate of drug-likeness (QED) is 0.360. The van der Waals surface area contributed by atoms with Crippen LogP contribution in [0.2, 0.25) is 0 Å². The topological polar surface area (TPSA) is 126 Å². The third-order valence-electron chi connectivity index (χ3n) is 2.07. The van der Waals surface area contributed by atoms with Crippen molar-refractivity contribution in [2.24, 2.45) is 0 Å². The average Bonchev–Trinajstić information content (AvgIpc) is 2.79. The minimum Gasteiger partial charge on any atom is -0.394 e. The summed E-state index contributed by atoms with van der Waals surface area (Å²) in [5.41, 5.74) is 0. The molecule has 10 heteroatoms. The second-order valence-electron chi connectivity index (χ2n) is 4.28. The monoisotopic (exact) mass is 489 g/mol.